The average Bonchev–Trinajstić information content (AvgIpc) is 2.91. The van der Waals surface area contributed by atoms with Crippen LogP contribution in [0.2, 0.25) is 0 Å². The molecule has 0 atom stereocenters. The minimum Gasteiger partial charge on any atom is -0.404 e. The number of fused-ring (bicyclic) bond motifs is 1. The van der Waals surface area contributed by atoms with E-state index in [9.17, 15) is 21.6 Å². The molecule has 0 spiro atoms. The first kappa shape index (κ1) is 21.9. The second-order valence-corrected chi connectivity index (χ2v) is 10.5. The van der Waals surface area contributed by atoms with Gasteiger partial charge in [0.25, 0.3) is 0 Å². The first-order valence-corrected chi connectivity index (χ1v) is 10.4. The molecule has 2 N–H and O–H groups in total. The number of anilines is 2. The number of nitrogens with one attached hydrogen (secondary N) is 2. The number of aryl methyl sites for hydroxylation is 1. The monoisotopic (exact) mass is 442 g/mol. The summed E-state index contributed by atoms with van der Waals surface area (Å²) in [6.07, 6.45) is -3.66. The van der Waals surface area contributed by atoms with Crippen molar-refractivity contribution >= 4 is 32.2 Å². The van der Waals surface area contributed by atoms with Crippen molar-refractivity contribution in [2.45, 2.75) is 50.6 Å². The standard InChI is InChI=1S/C19H21F3N4O3S/c1-10-11(2)25-26-17(10)24-13-6-7-23-14-9-15(29-19(20,21)22)16(8-12(13)14)30(27,28)18(3,4)5/h6-9H,1-5H3,(H2,23,24,25,26). The molecule has 0 saturated heterocycles. The summed E-state index contributed by atoms with van der Waals surface area (Å²) in [5.74, 6) is -0.308. The van der Waals surface area contributed by atoms with Gasteiger partial charge in [0.2, 0.25) is 0 Å². The van der Waals surface area contributed by atoms with Gasteiger partial charge in [-0.25, -0.2) is 8.42 Å². The summed E-state index contributed by atoms with van der Waals surface area (Å²) in [5, 5.41) is 10.4. The van der Waals surface area contributed by atoms with Crippen molar-refractivity contribution in [2.75, 3.05) is 5.32 Å². The Hall–Kier alpha value is -2.82. The summed E-state index contributed by atoms with van der Waals surface area (Å²) >= 11 is 0. The zero-order valence-corrected chi connectivity index (χ0v) is 17.8. The van der Waals surface area contributed by atoms with Gasteiger partial charge < -0.3 is 10.1 Å². The Labute approximate surface area is 171 Å². The molecule has 0 aliphatic heterocycles. The van der Waals surface area contributed by atoms with Gasteiger partial charge in [-0.05, 0) is 46.8 Å². The summed E-state index contributed by atoms with van der Waals surface area (Å²) < 4.78 is 67.6. The summed E-state index contributed by atoms with van der Waals surface area (Å²) in [5.41, 5.74) is 2.27. The van der Waals surface area contributed by atoms with E-state index in [0.717, 1.165) is 23.4 Å². The van der Waals surface area contributed by atoms with Crippen molar-refractivity contribution in [1.82, 2.24) is 15.2 Å². The Morgan fingerprint density at radius 1 is 1.13 bits per heavy atom. The number of benzene rings is 1. The second-order valence-electron chi connectivity index (χ2n) is 7.79. The molecule has 0 saturated carbocycles. The van der Waals surface area contributed by atoms with E-state index in [0.29, 0.717) is 16.9 Å². The van der Waals surface area contributed by atoms with Gasteiger partial charge in [0.15, 0.2) is 15.7 Å². The number of hydrogen-bond donors (Lipinski definition) is 2. The van der Waals surface area contributed by atoms with Crippen LogP contribution in [0.1, 0.15) is 32.0 Å². The predicted molar refractivity (Wildman–Crippen MR) is 107 cm³/mol. The molecule has 0 unspecified atom stereocenters. The number of aromatic nitrogens is 3. The Morgan fingerprint density at radius 3 is 2.33 bits per heavy atom. The molecule has 3 aromatic rings. The molecular formula is C19H21F3N4O3S. The van der Waals surface area contributed by atoms with E-state index < -0.39 is 31.6 Å². The Kier molecular flexibility index (Phi) is 5.21. The molecule has 1 aromatic carbocycles. The minimum atomic E-state index is -5.06. The molecule has 0 aliphatic carbocycles. The quantitative estimate of drug-likeness (QED) is 0.603. The first-order chi connectivity index (χ1) is 13.7. The maximum atomic E-state index is 13.0. The summed E-state index contributed by atoms with van der Waals surface area (Å²) in [7, 11) is -4.17. The van der Waals surface area contributed by atoms with Crippen LogP contribution in [0, 0.1) is 13.8 Å². The zero-order valence-electron chi connectivity index (χ0n) is 17.0. The average molecular weight is 442 g/mol. The number of hydrogen-bond acceptors (Lipinski definition) is 6. The number of sulfone groups is 1. The second kappa shape index (κ2) is 7.15. The fraction of sp³-hybridized carbons (Fsp3) is 0.368. The fourth-order valence-corrected chi connectivity index (χ4v) is 4.04. The highest BCUT2D eigenvalue weighted by Gasteiger charge is 2.38. The van der Waals surface area contributed by atoms with Crippen molar-refractivity contribution in [3.05, 3.63) is 35.7 Å². The summed E-state index contributed by atoms with van der Waals surface area (Å²) in [4.78, 5) is 3.51. The number of rotatable bonds is 4. The Bertz CT molecular complexity index is 1210. The largest absolute Gasteiger partial charge is 0.573 e. The summed E-state index contributed by atoms with van der Waals surface area (Å²) in [6, 6.07) is 3.72. The van der Waals surface area contributed by atoms with Gasteiger partial charge in [0, 0.05) is 28.9 Å². The fourth-order valence-electron chi connectivity index (χ4n) is 2.74. The lowest BCUT2D eigenvalue weighted by Gasteiger charge is -2.22. The Morgan fingerprint density at radius 2 is 1.80 bits per heavy atom. The number of H-pyrrole nitrogens is 1. The molecule has 0 aliphatic rings. The third-order valence-electron chi connectivity index (χ3n) is 4.63. The third-order valence-corrected chi connectivity index (χ3v) is 7.15. The number of ether oxygens (including phenoxy) is 1. The maximum Gasteiger partial charge on any atom is 0.573 e. The Balaban J connectivity index is 2.26. The zero-order chi connectivity index (χ0) is 22.5. The first-order valence-electron chi connectivity index (χ1n) is 8.92. The number of halogens is 3. The molecule has 0 bridgehead atoms. The highest BCUT2D eigenvalue weighted by molar-refractivity contribution is 7.92. The van der Waals surface area contributed by atoms with Crippen LogP contribution in [0.4, 0.5) is 24.7 Å². The van der Waals surface area contributed by atoms with Gasteiger partial charge in [-0.15, -0.1) is 13.2 Å². The highest BCUT2D eigenvalue weighted by Crippen LogP contribution is 2.39. The topological polar surface area (TPSA) is 97.0 Å². The van der Waals surface area contributed by atoms with E-state index in [1.54, 1.807) is 6.07 Å². The van der Waals surface area contributed by atoms with Crippen LogP contribution in [0.5, 0.6) is 5.75 Å². The van der Waals surface area contributed by atoms with Crippen molar-refractivity contribution in [2.24, 2.45) is 0 Å². The normalized spacial score (nSPS) is 12.9. The molecule has 0 fully saturated rings. The molecule has 3 rings (SSSR count). The van der Waals surface area contributed by atoms with E-state index in [4.69, 9.17) is 0 Å². The van der Waals surface area contributed by atoms with Crippen LogP contribution in [-0.2, 0) is 9.84 Å². The van der Waals surface area contributed by atoms with Gasteiger partial charge in [0.05, 0.1) is 16.0 Å². The highest BCUT2D eigenvalue weighted by atomic mass is 32.2. The van der Waals surface area contributed by atoms with E-state index in [2.05, 4.69) is 25.2 Å². The maximum absolute atomic E-state index is 13.0. The molecular weight excluding hydrogens is 421 g/mol. The summed E-state index contributed by atoms with van der Waals surface area (Å²) in [6.45, 7) is 7.90. The minimum absolute atomic E-state index is 0.136. The molecule has 0 amide bonds. The lowest BCUT2D eigenvalue weighted by atomic mass is 10.1. The van der Waals surface area contributed by atoms with E-state index in [1.807, 2.05) is 13.8 Å². The van der Waals surface area contributed by atoms with Crippen LogP contribution < -0.4 is 10.1 Å². The van der Waals surface area contributed by atoms with Crippen LogP contribution in [0.15, 0.2) is 29.3 Å². The van der Waals surface area contributed by atoms with E-state index in [1.165, 1.54) is 27.0 Å². The lowest BCUT2D eigenvalue weighted by molar-refractivity contribution is -0.275. The molecule has 2 aromatic heterocycles. The molecule has 2 heterocycles. The molecule has 162 valence electrons. The van der Waals surface area contributed by atoms with Gasteiger partial charge in [-0.1, -0.05) is 0 Å². The molecule has 30 heavy (non-hydrogen) atoms. The van der Waals surface area contributed by atoms with Gasteiger partial charge >= 0.3 is 6.36 Å². The predicted octanol–water partition coefficient (Wildman–Crippen LogP) is 4.79. The van der Waals surface area contributed by atoms with Crippen molar-refractivity contribution in [1.29, 1.82) is 0 Å². The number of pyridine rings is 1. The van der Waals surface area contributed by atoms with Crippen LogP contribution >= 0.6 is 0 Å². The lowest BCUT2D eigenvalue weighted by Crippen LogP contribution is -2.29. The van der Waals surface area contributed by atoms with Crippen LogP contribution in [0.25, 0.3) is 10.9 Å². The molecule has 11 heteroatoms. The smallest absolute Gasteiger partial charge is 0.404 e. The van der Waals surface area contributed by atoms with Crippen molar-refractivity contribution < 1.29 is 26.3 Å². The van der Waals surface area contributed by atoms with Crippen molar-refractivity contribution in [3.8, 4) is 5.75 Å². The SMILES string of the molecule is Cc1[nH]nc(Nc2ccnc3cc(OC(F)(F)F)c(S(=O)(=O)C(C)(C)C)cc23)c1C. The van der Waals surface area contributed by atoms with Crippen LogP contribution in [-0.4, -0.2) is 34.7 Å². The van der Waals surface area contributed by atoms with Gasteiger partial charge in [-0.3, -0.25) is 10.1 Å². The number of alkyl halides is 3. The molecule has 0 radical (unpaired) electrons. The van der Waals surface area contributed by atoms with Crippen LogP contribution in [0.3, 0.4) is 0 Å². The van der Waals surface area contributed by atoms with E-state index in [-0.39, 0.29) is 5.52 Å². The number of aromatic amines is 1. The van der Waals surface area contributed by atoms with E-state index >= 15 is 0 Å². The third kappa shape index (κ3) is 4.07. The number of nitrogens with zero attached hydrogens (tertiary/aromatic N) is 2. The van der Waals surface area contributed by atoms with Crippen molar-refractivity contribution in [3.63, 3.8) is 0 Å². The van der Waals surface area contributed by atoms with Gasteiger partial charge in [-0.2, -0.15) is 5.10 Å². The molecule has 7 nitrogen and oxygen atoms in total. The van der Waals surface area contributed by atoms with Gasteiger partial charge in [0.1, 0.15) is 10.6 Å².